The average Bonchev–Trinajstić information content (AvgIpc) is 2.84. The molecule has 0 atom stereocenters. The monoisotopic (exact) mass is 263 g/mol. The standard InChI is InChI=1S/C13H21N5O/c1-4-6-14-13-17-11-10(15-8-16-11)12(18-13)19-7-5-9(2)3/h8-9H,4-7H2,1-3H3,(H2,14,15,16,17,18). The van der Waals surface area contributed by atoms with Crippen molar-refractivity contribution in [3.63, 3.8) is 0 Å². The molecule has 2 rings (SSSR count). The number of ether oxygens (including phenoxy) is 1. The molecule has 0 aromatic carbocycles. The largest absolute Gasteiger partial charge is 0.476 e. The first-order chi connectivity index (χ1) is 9.20. The number of fused-ring (bicyclic) bond motifs is 1. The number of aromatic amines is 1. The molecular formula is C13H21N5O. The third-order valence-corrected chi connectivity index (χ3v) is 2.72. The van der Waals surface area contributed by atoms with Gasteiger partial charge in [-0.15, -0.1) is 0 Å². The van der Waals surface area contributed by atoms with Crippen LogP contribution in [0.15, 0.2) is 6.33 Å². The van der Waals surface area contributed by atoms with Crippen LogP contribution in [0.5, 0.6) is 5.88 Å². The Bertz CT molecular complexity index is 523. The maximum Gasteiger partial charge on any atom is 0.245 e. The predicted molar refractivity (Wildman–Crippen MR) is 75.4 cm³/mol. The number of aromatic nitrogens is 4. The highest BCUT2D eigenvalue weighted by molar-refractivity contribution is 5.76. The van der Waals surface area contributed by atoms with Crippen molar-refractivity contribution in [3.8, 4) is 5.88 Å². The summed E-state index contributed by atoms with van der Waals surface area (Å²) in [7, 11) is 0. The molecule has 0 fully saturated rings. The molecule has 0 unspecified atom stereocenters. The highest BCUT2D eigenvalue weighted by Gasteiger charge is 2.11. The van der Waals surface area contributed by atoms with Crippen LogP contribution >= 0.6 is 0 Å². The molecule has 2 heterocycles. The highest BCUT2D eigenvalue weighted by atomic mass is 16.5. The molecule has 0 radical (unpaired) electrons. The van der Waals surface area contributed by atoms with Gasteiger partial charge in [0.05, 0.1) is 12.9 Å². The normalized spacial score (nSPS) is 11.2. The lowest BCUT2D eigenvalue weighted by atomic mass is 10.1. The summed E-state index contributed by atoms with van der Waals surface area (Å²) in [6.45, 7) is 7.92. The molecule has 0 spiro atoms. The molecule has 0 saturated carbocycles. The lowest BCUT2D eigenvalue weighted by Crippen LogP contribution is -2.08. The first-order valence-corrected chi connectivity index (χ1v) is 6.78. The Labute approximate surface area is 113 Å². The van der Waals surface area contributed by atoms with Crippen molar-refractivity contribution in [2.45, 2.75) is 33.6 Å². The highest BCUT2D eigenvalue weighted by Crippen LogP contribution is 2.21. The molecule has 2 N–H and O–H groups in total. The molecule has 6 heteroatoms. The van der Waals surface area contributed by atoms with Gasteiger partial charge >= 0.3 is 0 Å². The zero-order valence-electron chi connectivity index (χ0n) is 11.7. The number of nitrogens with zero attached hydrogens (tertiary/aromatic N) is 3. The third-order valence-electron chi connectivity index (χ3n) is 2.72. The summed E-state index contributed by atoms with van der Waals surface area (Å²) in [6, 6.07) is 0. The predicted octanol–water partition coefficient (Wildman–Crippen LogP) is 2.60. The maximum absolute atomic E-state index is 5.75. The first-order valence-electron chi connectivity index (χ1n) is 6.78. The van der Waals surface area contributed by atoms with Crippen LogP contribution in [-0.2, 0) is 0 Å². The van der Waals surface area contributed by atoms with Crippen LogP contribution in [0.4, 0.5) is 5.95 Å². The minimum absolute atomic E-state index is 0.570. The van der Waals surface area contributed by atoms with E-state index in [9.17, 15) is 0 Å². The number of hydrogen-bond donors (Lipinski definition) is 2. The minimum atomic E-state index is 0.570. The Morgan fingerprint density at radius 1 is 1.37 bits per heavy atom. The molecular weight excluding hydrogens is 242 g/mol. The second-order valence-electron chi connectivity index (χ2n) is 4.91. The fraction of sp³-hybridized carbons (Fsp3) is 0.615. The number of imidazole rings is 1. The van der Waals surface area contributed by atoms with Crippen LogP contribution in [0.25, 0.3) is 11.2 Å². The van der Waals surface area contributed by atoms with E-state index in [1.807, 2.05) is 0 Å². The van der Waals surface area contributed by atoms with E-state index in [1.54, 1.807) is 6.33 Å². The number of rotatable bonds is 7. The van der Waals surface area contributed by atoms with E-state index in [4.69, 9.17) is 4.74 Å². The van der Waals surface area contributed by atoms with Gasteiger partial charge in [-0.1, -0.05) is 20.8 Å². The van der Waals surface area contributed by atoms with Gasteiger partial charge in [0.25, 0.3) is 0 Å². The summed E-state index contributed by atoms with van der Waals surface area (Å²) in [4.78, 5) is 15.9. The van der Waals surface area contributed by atoms with Gasteiger partial charge in [-0.2, -0.15) is 9.97 Å². The van der Waals surface area contributed by atoms with Gasteiger partial charge in [0, 0.05) is 6.54 Å². The van der Waals surface area contributed by atoms with Gasteiger partial charge in [0.2, 0.25) is 11.8 Å². The number of hydrogen-bond acceptors (Lipinski definition) is 5. The number of anilines is 1. The fourth-order valence-electron chi connectivity index (χ4n) is 1.62. The lowest BCUT2D eigenvalue weighted by Gasteiger charge is -2.09. The Morgan fingerprint density at radius 3 is 2.95 bits per heavy atom. The van der Waals surface area contributed by atoms with Crippen LogP contribution in [0, 0.1) is 5.92 Å². The minimum Gasteiger partial charge on any atom is -0.476 e. The average molecular weight is 263 g/mol. The SMILES string of the molecule is CCCNc1nc(OCCC(C)C)c2[nH]cnc2n1. The molecule has 2 aromatic rings. The van der Waals surface area contributed by atoms with Crippen molar-refractivity contribution in [3.05, 3.63) is 6.33 Å². The number of nitrogens with one attached hydrogen (secondary N) is 2. The fourth-order valence-corrected chi connectivity index (χ4v) is 1.62. The van der Waals surface area contributed by atoms with E-state index in [2.05, 4.69) is 46.0 Å². The van der Waals surface area contributed by atoms with Crippen molar-refractivity contribution in [1.82, 2.24) is 19.9 Å². The Balaban J connectivity index is 2.16. The van der Waals surface area contributed by atoms with Crippen LogP contribution < -0.4 is 10.1 Å². The molecule has 6 nitrogen and oxygen atoms in total. The summed E-state index contributed by atoms with van der Waals surface area (Å²) in [5.41, 5.74) is 1.39. The zero-order chi connectivity index (χ0) is 13.7. The van der Waals surface area contributed by atoms with E-state index < -0.39 is 0 Å². The second-order valence-corrected chi connectivity index (χ2v) is 4.91. The van der Waals surface area contributed by atoms with Crippen molar-refractivity contribution in [2.24, 2.45) is 5.92 Å². The Hall–Kier alpha value is -1.85. The van der Waals surface area contributed by atoms with Crippen molar-refractivity contribution in [1.29, 1.82) is 0 Å². The van der Waals surface area contributed by atoms with Gasteiger partial charge < -0.3 is 15.0 Å². The molecule has 2 aromatic heterocycles. The first kappa shape index (κ1) is 13.6. The zero-order valence-corrected chi connectivity index (χ0v) is 11.7. The lowest BCUT2D eigenvalue weighted by molar-refractivity contribution is 0.282. The summed E-state index contributed by atoms with van der Waals surface area (Å²) in [5, 5.41) is 3.16. The summed E-state index contributed by atoms with van der Waals surface area (Å²) < 4.78 is 5.75. The molecule has 0 bridgehead atoms. The van der Waals surface area contributed by atoms with Gasteiger partial charge in [0.15, 0.2) is 5.65 Å². The maximum atomic E-state index is 5.75. The van der Waals surface area contributed by atoms with Gasteiger partial charge in [-0.3, -0.25) is 0 Å². The molecule has 19 heavy (non-hydrogen) atoms. The van der Waals surface area contributed by atoms with Gasteiger partial charge in [0.1, 0.15) is 5.52 Å². The topological polar surface area (TPSA) is 75.7 Å². The third kappa shape index (κ3) is 3.56. The van der Waals surface area contributed by atoms with Gasteiger partial charge in [-0.05, 0) is 18.8 Å². The molecule has 0 aliphatic carbocycles. The molecule has 0 amide bonds. The molecule has 0 aliphatic rings. The van der Waals surface area contributed by atoms with Crippen LogP contribution in [0.3, 0.4) is 0 Å². The van der Waals surface area contributed by atoms with E-state index in [0.29, 0.717) is 30.0 Å². The summed E-state index contributed by atoms with van der Waals surface area (Å²) in [5.74, 6) is 1.75. The smallest absolute Gasteiger partial charge is 0.245 e. The molecule has 0 saturated heterocycles. The van der Waals surface area contributed by atoms with Crippen molar-refractivity contribution < 1.29 is 4.74 Å². The Kier molecular flexibility index (Phi) is 4.54. The molecule has 104 valence electrons. The van der Waals surface area contributed by atoms with E-state index in [1.165, 1.54) is 0 Å². The second kappa shape index (κ2) is 6.36. The summed E-state index contributed by atoms with van der Waals surface area (Å²) in [6.07, 6.45) is 3.63. The van der Waals surface area contributed by atoms with E-state index >= 15 is 0 Å². The van der Waals surface area contributed by atoms with Crippen LogP contribution in [0.1, 0.15) is 33.6 Å². The van der Waals surface area contributed by atoms with E-state index in [0.717, 1.165) is 24.9 Å². The van der Waals surface area contributed by atoms with Crippen LogP contribution in [-0.4, -0.2) is 33.1 Å². The van der Waals surface area contributed by atoms with Gasteiger partial charge in [-0.25, -0.2) is 4.98 Å². The number of H-pyrrole nitrogens is 1. The van der Waals surface area contributed by atoms with E-state index in [-0.39, 0.29) is 0 Å². The van der Waals surface area contributed by atoms with Crippen molar-refractivity contribution in [2.75, 3.05) is 18.5 Å². The van der Waals surface area contributed by atoms with Crippen LogP contribution in [0.2, 0.25) is 0 Å². The quantitative estimate of drug-likeness (QED) is 0.803. The Morgan fingerprint density at radius 2 is 2.21 bits per heavy atom. The molecule has 0 aliphatic heterocycles. The summed E-state index contributed by atoms with van der Waals surface area (Å²) >= 11 is 0. The van der Waals surface area contributed by atoms with Crippen molar-refractivity contribution >= 4 is 17.1 Å².